The van der Waals surface area contributed by atoms with Crippen LogP contribution in [-0.4, -0.2) is 25.9 Å². The molecular weight excluding hydrogens is 392 g/mol. The van der Waals surface area contributed by atoms with Gasteiger partial charge in [0.1, 0.15) is 0 Å². The highest BCUT2D eigenvalue weighted by molar-refractivity contribution is 7.89. The number of rotatable bonds is 7. The molecule has 1 fully saturated rings. The van der Waals surface area contributed by atoms with E-state index in [1.165, 1.54) is 5.56 Å². The second-order valence-electron chi connectivity index (χ2n) is 7.99. The van der Waals surface area contributed by atoms with Gasteiger partial charge in [0, 0.05) is 12.6 Å². The van der Waals surface area contributed by atoms with Gasteiger partial charge in [0.25, 0.3) is 0 Å². The number of hydrogen-bond donors (Lipinski definition) is 1. The number of sulfonamides is 1. The molecule has 0 aromatic heterocycles. The van der Waals surface area contributed by atoms with Crippen molar-refractivity contribution in [1.29, 1.82) is 0 Å². The van der Waals surface area contributed by atoms with Crippen LogP contribution in [0.5, 0.6) is 0 Å². The molecule has 0 bridgehead atoms. The number of benzene rings is 3. The summed E-state index contributed by atoms with van der Waals surface area (Å²) in [5.41, 5.74) is 3.29. The molecule has 3 aromatic carbocycles. The predicted octanol–water partition coefficient (Wildman–Crippen LogP) is 4.68. The van der Waals surface area contributed by atoms with E-state index in [0.29, 0.717) is 4.90 Å². The molecule has 1 aliphatic heterocycles. The van der Waals surface area contributed by atoms with Gasteiger partial charge < -0.3 is 0 Å². The smallest absolute Gasteiger partial charge is 0.241 e. The first-order valence-electron chi connectivity index (χ1n) is 10.4. The number of likely N-dealkylation sites (tertiary alicyclic amines) is 1. The van der Waals surface area contributed by atoms with E-state index < -0.39 is 10.0 Å². The Kier molecular flexibility index (Phi) is 6.32. The molecule has 30 heavy (non-hydrogen) atoms. The lowest BCUT2D eigenvalue weighted by molar-refractivity contribution is 0.209. The average molecular weight is 421 g/mol. The Hall–Kier alpha value is -2.47. The summed E-state index contributed by atoms with van der Waals surface area (Å²) in [4.78, 5) is 2.71. The quantitative estimate of drug-likeness (QED) is 0.604. The van der Waals surface area contributed by atoms with Gasteiger partial charge in [0.2, 0.25) is 10.0 Å². The third-order valence-electron chi connectivity index (χ3n) is 5.80. The SMILES string of the molecule is Cc1ccc(S(=O)(=O)N[C@@H](c2ccccc2)[C@@H]2CCCN2Cc2ccccc2)cc1. The molecule has 0 amide bonds. The zero-order valence-corrected chi connectivity index (χ0v) is 18.1. The fourth-order valence-electron chi connectivity index (χ4n) is 4.23. The molecule has 156 valence electrons. The normalized spacial score (nSPS) is 18.4. The first-order chi connectivity index (χ1) is 14.5. The largest absolute Gasteiger partial charge is 0.294 e. The average Bonchev–Trinajstić information content (AvgIpc) is 3.21. The fourth-order valence-corrected chi connectivity index (χ4v) is 5.48. The zero-order chi connectivity index (χ0) is 21.0. The summed E-state index contributed by atoms with van der Waals surface area (Å²) in [7, 11) is -3.63. The second kappa shape index (κ2) is 9.13. The lowest BCUT2D eigenvalue weighted by atomic mass is 9.98. The van der Waals surface area contributed by atoms with E-state index in [1.807, 2.05) is 55.5 Å². The van der Waals surface area contributed by atoms with E-state index in [0.717, 1.165) is 37.1 Å². The van der Waals surface area contributed by atoms with Crippen molar-refractivity contribution in [1.82, 2.24) is 9.62 Å². The highest BCUT2D eigenvalue weighted by Crippen LogP contribution is 2.32. The Morgan fingerprint density at radius 1 is 0.933 bits per heavy atom. The summed E-state index contributed by atoms with van der Waals surface area (Å²) in [6.07, 6.45) is 2.02. The summed E-state index contributed by atoms with van der Waals surface area (Å²) < 4.78 is 29.5. The lowest BCUT2D eigenvalue weighted by Crippen LogP contribution is -2.42. The van der Waals surface area contributed by atoms with Crippen molar-refractivity contribution < 1.29 is 8.42 Å². The standard InChI is InChI=1S/C25H28N2O2S/c1-20-14-16-23(17-15-20)30(28,29)26-25(22-11-6-3-7-12-22)24-13-8-18-27(24)19-21-9-4-2-5-10-21/h2-7,9-12,14-17,24-26H,8,13,18-19H2,1H3/t24-,25-/m0/s1. The topological polar surface area (TPSA) is 49.4 Å². The van der Waals surface area contributed by atoms with Crippen LogP contribution in [0.2, 0.25) is 0 Å². The van der Waals surface area contributed by atoms with E-state index in [1.54, 1.807) is 12.1 Å². The van der Waals surface area contributed by atoms with Crippen LogP contribution in [0.1, 0.15) is 35.6 Å². The van der Waals surface area contributed by atoms with Crippen LogP contribution in [0, 0.1) is 6.92 Å². The molecule has 2 atom stereocenters. The Morgan fingerprint density at radius 3 is 2.23 bits per heavy atom. The molecule has 0 radical (unpaired) electrons. The third-order valence-corrected chi connectivity index (χ3v) is 7.26. The molecule has 1 N–H and O–H groups in total. The van der Waals surface area contributed by atoms with E-state index >= 15 is 0 Å². The third kappa shape index (κ3) is 4.81. The Balaban J connectivity index is 1.64. The molecule has 1 heterocycles. The van der Waals surface area contributed by atoms with Crippen LogP contribution < -0.4 is 4.72 Å². The van der Waals surface area contributed by atoms with Crippen LogP contribution in [0.3, 0.4) is 0 Å². The molecule has 1 aliphatic rings. The summed E-state index contributed by atoms with van der Waals surface area (Å²) in [5.74, 6) is 0. The van der Waals surface area contributed by atoms with E-state index in [2.05, 4.69) is 33.9 Å². The van der Waals surface area contributed by atoms with Crippen molar-refractivity contribution in [2.75, 3.05) is 6.54 Å². The molecule has 5 heteroatoms. The van der Waals surface area contributed by atoms with Crippen molar-refractivity contribution >= 4 is 10.0 Å². The summed E-state index contributed by atoms with van der Waals surface area (Å²) in [6, 6.07) is 27.1. The maximum Gasteiger partial charge on any atom is 0.241 e. The maximum absolute atomic E-state index is 13.2. The van der Waals surface area contributed by atoms with Crippen LogP contribution in [-0.2, 0) is 16.6 Å². The molecular formula is C25H28N2O2S. The van der Waals surface area contributed by atoms with E-state index in [9.17, 15) is 8.42 Å². The van der Waals surface area contributed by atoms with Gasteiger partial charge in [-0.15, -0.1) is 0 Å². The highest BCUT2D eigenvalue weighted by Gasteiger charge is 2.35. The summed E-state index contributed by atoms with van der Waals surface area (Å²) in [5, 5.41) is 0. The fraction of sp³-hybridized carbons (Fsp3) is 0.280. The first-order valence-corrected chi connectivity index (χ1v) is 11.9. The monoisotopic (exact) mass is 420 g/mol. The minimum atomic E-state index is -3.63. The van der Waals surface area contributed by atoms with E-state index in [4.69, 9.17) is 0 Å². The summed E-state index contributed by atoms with van der Waals surface area (Å²) in [6.45, 7) is 3.74. The van der Waals surface area contributed by atoms with Crippen LogP contribution in [0.15, 0.2) is 89.8 Å². The van der Waals surface area contributed by atoms with Crippen molar-refractivity contribution in [3.63, 3.8) is 0 Å². The van der Waals surface area contributed by atoms with Gasteiger partial charge in [0.15, 0.2) is 0 Å². The second-order valence-corrected chi connectivity index (χ2v) is 9.70. The molecule has 4 nitrogen and oxygen atoms in total. The molecule has 0 unspecified atom stereocenters. The number of aryl methyl sites for hydroxylation is 1. The van der Waals surface area contributed by atoms with Crippen LogP contribution in [0.25, 0.3) is 0 Å². The van der Waals surface area contributed by atoms with Crippen molar-refractivity contribution in [3.05, 3.63) is 102 Å². The zero-order valence-electron chi connectivity index (χ0n) is 17.2. The molecule has 0 spiro atoms. The van der Waals surface area contributed by atoms with Gasteiger partial charge in [-0.2, -0.15) is 0 Å². The Morgan fingerprint density at radius 2 is 1.57 bits per heavy atom. The minimum Gasteiger partial charge on any atom is -0.294 e. The number of nitrogens with one attached hydrogen (secondary N) is 1. The molecule has 0 aliphatic carbocycles. The van der Waals surface area contributed by atoms with Gasteiger partial charge in [-0.1, -0.05) is 78.4 Å². The molecule has 1 saturated heterocycles. The first kappa shape index (κ1) is 20.8. The van der Waals surface area contributed by atoms with Crippen molar-refractivity contribution in [2.24, 2.45) is 0 Å². The molecule has 0 saturated carbocycles. The Bertz CT molecular complexity index is 1050. The molecule has 4 rings (SSSR count). The van der Waals surface area contributed by atoms with Crippen molar-refractivity contribution in [2.45, 2.75) is 43.3 Å². The predicted molar refractivity (Wildman–Crippen MR) is 121 cm³/mol. The van der Waals surface area contributed by atoms with Gasteiger partial charge in [-0.3, -0.25) is 4.90 Å². The van der Waals surface area contributed by atoms with Crippen LogP contribution in [0.4, 0.5) is 0 Å². The highest BCUT2D eigenvalue weighted by atomic mass is 32.2. The van der Waals surface area contributed by atoms with Crippen LogP contribution >= 0.6 is 0 Å². The van der Waals surface area contributed by atoms with Gasteiger partial charge in [-0.25, -0.2) is 13.1 Å². The van der Waals surface area contributed by atoms with Crippen molar-refractivity contribution in [3.8, 4) is 0 Å². The van der Waals surface area contributed by atoms with Gasteiger partial charge >= 0.3 is 0 Å². The lowest BCUT2D eigenvalue weighted by Gasteiger charge is -2.32. The van der Waals surface area contributed by atoms with E-state index in [-0.39, 0.29) is 12.1 Å². The van der Waals surface area contributed by atoms with Gasteiger partial charge in [-0.05, 0) is 49.6 Å². The number of hydrogen-bond acceptors (Lipinski definition) is 3. The minimum absolute atomic E-state index is 0.104. The summed E-state index contributed by atoms with van der Waals surface area (Å²) >= 11 is 0. The van der Waals surface area contributed by atoms with Gasteiger partial charge in [0.05, 0.1) is 10.9 Å². The molecule has 3 aromatic rings. The number of nitrogens with zero attached hydrogens (tertiary/aromatic N) is 1. The Labute approximate surface area is 179 Å². The maximum atomic E-state index is 13.2.